The summed E-state index contributed by atoms with van der Waals surface area (Å²) < 4.78 is 5.19. The van der Waals surface area contributed by atoms with E-state index in [9.17, 15) is 14.4 Å². The highest BCUT2D eigenvalue weighted by atomic mass is 35.5. The number of hydrogen-bond donors (Lipinski definition) is 3. The van der Waals surface area contributed by atoms with Gasteiger partial charge in [0.1, 0.15) is 5.75 Å². The van der Waals surface area contributed by atoms with Crippen molar-refractivity contribution in [3.63, 3.8) is 0 Å². The molecule has 3 amide bonds. The monoisotopic (exact) mass is 457 g/mol. The first-order chi connectivity index (χ1) is 14.9. The van der Waals surface area contributed by atoms with Crippen LogP contribution in [0.15, 0.2) is 66.7 Å². The smallest absolute Gasteiger partial charge is 0.269 e. The Hall–Kier alpha value is -3.55. The summed E-state index contributed by atoms with van der Waals surface area (Å²) in [6.07, 6.45) is 0. The van der Waals surface area contributed by atoms with Crippen molar-refractivity contribution < 1.29 is 19.1 Å². The lowest BCUT2D eigenvalue weighted by atomic mass is 10.1. The molecule has 158 valence electrons. The SMILES string of the molecule is COc1ccc(Cl)cc1C(=O)Nc1cccc(C(=O)NNC(=O)c2ccc(Cl)cc2)c1. The molecule has 0 atom stereocenters. The maximum Gasteiger partial charge on any atom is 0.269 e. The number of methoxy groups -OCH3 is 1. The second-order valence-corrected chi connectivity index (χ2v) is 7.17. The number of ether oxygens (including phenoxy) is 1. The average Bonchev–Trinajstić information content (AvgIpc) is 2.77. The van der Waals surface area contributed by atoms with Crippen molar-refractivity contribution in [3.8, 4) is 5.75 Å². The topological polar surface area (TPSA) is 96.5 Å². The fourth-order valence-corrected chi connectivity index (χ4v) is 2.95. The summed E-state index contributed by atoms with van der Waals surface area (Å²) in [6.45, 7) is 0. The Balaban J connectivity index is 1.66. The van der Waals surface area contributed by atoms with Crippen molar-refractivity contribution in [3.05, 3.63) is 93.5 Å². The fraction of sp³-hybridized carbons (Fsp3) is 0.0455. The third-order valence-corrected chi connectivity index (χ3v) is 4.67. The molecule has 3 rings (SSSR count). The van der Waals surface area contributed by atoms with Crippen LogP contribution in [0.3, 0.4) is 0 Å². The largest absolute Gasteiger partial charge is 0.496 e. The highest BCUT2D eigenvalue weighted by molar-refractivity contribution is 6.31. The van der Waals surface area contributed by atoms with Gasteiger partial charge in [-0.2, -0.15) is 0 Å². The molecule has 7 nitrogen and oxygen atoms in total. The predicted octanol–water partition coefficient (Wildman–Crippen LogP) is 4.33. The zero-order valence-electron chi connectivity index (χ0n) is 16.2. The van der Waals surface area contributed by atoms with Gasteiger partial charge in [0, 0.05) is 26.9 Å². The van der Waals surface area contributed by atoms with Gasteiger partial charge in [-0.25, -0.2) is 0 Å². The van der Waals surface area contributed by atoms with Crippen molar-refractivity contribution >= 4 is 46.6 Å². The summed E-state index contributed by atoms with van der Waals surface area (Å²) in [7, 11) is 1.45. The van der Waals surface area contributed by atoms with Crippen molar-refractivity contribution in [2.75, 3.05) is 12.4 Å². The number of carbonyl (C=O) groups excluding carboxylic acids is 3. The quantitative estimate of drug-likeness (QED) is 0.496. The Kier molecular flexibility index (Phi) is 7.12. The average molecular weight is 458 g/mol. The van der Waals surface area contributed by atoms with Gasteiger partial charge in [0.15, 0.2) is 0 Å². The van der Waals surface area contributed by atoms with Crippen LogP contribution >= 0.6 is 23.2 Å². The molecule has 0 aliphatic heterocycles. The van der Waals surface area contributed by atoms with Gasteiger partial charge in [-0.15, -0.1) is 0 Å². The third kappa shape index (κ3) is 5.75. The molecule has 0 saturated carbocycles. The first kappa shape index (κ1) is 22.1. The molecule has 0 spiro atoms. The van der Waals surface area contributed by atoms with Gasteiger partial charge < -0.3 is 10.1 Å². The second-order valence-electron chi connectivity index (χ2n) is 6.29. The van der Waals surface area contributed by atoms with Crippen molar-refractivity contribution in [2.45, 2.75) is 0 Å². The minimum atomic E-state index is -0.557. The summed E-state index contributed by atoms with van der Waals surface area (Å²) >= 11 is 11.8. The lowest BCUT2D eigenvalue weighted by molar-refractivity contribution is 0.0846. The van der Waals surface area contributed by atoms with Gasteiger partial charge in [0.25, 0.3) is 17.7 Å². The maximum atomic E-state index is 12.6. The summed E-state index contributed by atoms with van der Waals surface area (Å²) in [5.41, 5.74) is 5.84. The van der Waals surface area contributed by atoms with E-state index in [2.05, 4.69) is 16.2 Å². The minimum Gasteiger partial charge on any atom is -0.496 e. The van der Waals surface area contributed by atoms with E-state index in [0.29, 0.717) is 27.0 Å². The summed E-state index contributed by atoms with van der Waals surface area (Å²) in [5, 5.41) is 3.57. The van der Waals surface area contributed by atoms with E-state index in [1.54, 1.807) is 42.5 Å². The molecule has 0 aliphatic rings. The van der Waals surface area contributed by atoms with Crippen LogP contribution in [0.2, 0.25) is 10.0 Å². The second kappa shape index (κ2) is 9.97. The Labute approximate surface area is 188 Å². The molecule has 31 heavy (non-hydrogen) atoms. The lowest BCUT2D eigenvalue weighted by Gasteiger charge is -2.11. The van der Waals surface area contributed by atoms with Crippen LogP contribution < -0.4 is 20.9 Å². The molecular formula is C22H17Cl2N3O4. The molecule has 0 aliphatic carbocycles. The molecule has 3 aromatic rings. The van der Waals surface area contributed by atoms with Crippen LogP contribution in [-0.4, -0.2) is 24.8 Å². The Bertz CT molecular complexity index is 1130. The number of anilines is 1. The number of amides is 3. The number of halogens is 2. The van der Waals surface area contributed by atoms with Crippen LogP contribution in [0.5, 0.6) is 5.75 Å². The zero-order chi connectivity index (χ0) is 22.4. The van der Waals surface area contributed by atoms with E-state index >= 15 is 0 Å². The molecule has 0 fully saturated rings. The normalized spacial score (nSPS) is 10.2. The molecule has 0 radical (unpaired) electrons. The number of hydrogen-bond acceptors (Lipinski definition) is 4. The molecule has 9 heteroatoms. The van der Waals surface area contributed by atoms with Gasteiger partial charge >= 0.3 is 0 Å². The van der Waals surface area contributed by atoms with Crippen LogP contribution in [-0.2, 0) is 0 Å². The standard InChI is InChI=1S/C22H17Cl2N3O4/c1-31-19-10-9-16(24)12-18(19)22(30)25-17-4-2-3-14(11-17)21(29)27-26-20(28)13-5-7-15(23)8-6-13/h2-12H,1H3,(H,25,30)(H,26,28)(H,27,29). The van der Waals surface area contributed by atoms with E-state index in [1.807, 2.05) is 0 Å². The van der Waals surface area contributed by atoms with Gasteiger partial charge in [-0.05, 0) is 60.7 Å². The third-order valence-electron chi connectivity index (χ3n) is 4.18. The number of nitrogens with one attached hydrogen (secondary N) is 3. The fourth-order valence-electron chi connectivity index (χ4n) is 2.65. The summed E-state index contributed by atoms with van der Waals surface area (Å²) in [4.78, 5) is 37.1. The molecule has 0 aromatic heterocycles. The van der Waals surface area contributed by atoms with E-state index in [1.165, 1.54) is 31.4 Å². The van der Waals surface area contributed by atoms with Crippen molar-refractivity contribution in [1.82, 2.24) is 10.9 Å². The van der Waals surface area contributed by atoms with Gasteiger partial charge in [-0.3, -0.25) is 25.2 Å². The predicted molar refractivity (Wildman–Crippen MR) is 119 cm³/mol. The summed E-state index contributed by atoms with van der Waals surface area (Å²) in [6, 6.07) is 17.1. The minimum absolute atomic E-state index is 0.229. The van der Waals surface area contributed by atoms with Crippen molar-refractivity contribution in [2.24, 2.45) is 0 Å². The molecular weight excluding hydrogens is 441 g/mol. The zero-order valence-corrected chi connectivity index (χ0v) is 17.8. The molecule has 0 unspecified atom stereocenters. The van der Waals surface area contributed by atoms with E-state index in [4.69, 9.17) is 27.9 Å². The maximum absolute atomic E-state index is 12.6. The van der Waals surface area contributed by atoms with Crippen molar-refractivity contribution in [1.29, 1.82) is 0 Å². The first-order valence-electron chi connectivity index (χ1n) is 8.98. The lowest BCUT2D eigenvalue weighted by Crippen LogP contribution is -2.41. The van der Waals surface area contributed by atoms with Gasteiger partial charge in [0.2, 0.25) is 0 Å². The Morgan fingerprint density at radius 3 is 2.06 bits per heavy atom. The number of carbonyl (C=O) groups is 3. The summed E-state index contributed by atoms with van der Waals surface area (Å²) in [5.74, 6) is -1.14. The molecule has 0 saturated heterocycles. The van der Waals surface area contributed by atoms with Crippen LogP contribution in [0.25, 0.3) is 0 Å². The Morgan fingerprint density at radius 2 is 1.39 bits per heavy atom. The number of rotatable bonds is 5. The van der Waals surface area contributed by atoms with Crippen LogP contribution in [0, 0.1) is 0 Å². The van der Waals surface area contributed by atoms with E-state index < -0.39 is 17.7 Å². The Morgan fingerprint density at radius 1 is 0.742 bits per heavy atom. The molecule has 0 heterocycles. The van der Waals surface area contributed by atoms with E-state index in [-0.39, 0.29) is 11.1 Å². The molecule has 3 aromatic carbocycles. The first-order valence-corrected chi connectivity index (χ1v) is 9.74. The van der Waals surface area contributed by atoms with E-state index in [0.717, 1.165) is 0 Å². The molecule has 3 N–H and O–H groups in total. The van der Waals surface area contributed by atoms with Crippen LogP contribution in [0.4, 0.5) is 5.69 Å². The van der Waals surface area contributed by atoms with Gasteiger partial charge in [-0.1, -0.05) is 29.3 Å². The number of hydrazine groups is 1. The molecule has 0 bridgehead atoms. The highest BCUT2D eigenvalue weighted by Crippen LogP contribution is 2.24. The van der Waals surface area contributed by atoms with Gasteiger partial charge in [0.05, 0.1) is 12.7 Å². The highest BCUT2D eigenvalue weighted by Gasteiger charge is 2.15. The van der Waals surface area contributed by atoms with Crippen LogP contribution in [0.1, 0.15) is 31.1 Å². The number of benzene rings is 3.